The molecule has 1 heterocycles. The SMILES string of the molecule is CC[C@@H](C(=O)N1CC(=O)Nc2ccc(F)cc2[C@@H]1c1ccccc1)c1ccccc1. The van der Waals surface area contributed by atoms with E-state index in [1.165, 1.54) is 12.1 Å². The van der Waals surface area contributed by atoms with Gasteiger partial charge in [-0.05, 0) is 35.7 Å². The molecule has 4 nitrogen and oxygen atoms in total. The van der Waals surface area contributed by atoms with E-state index in [1.807, 2.05) is 67.6 Å². The Labute approximate surface area is 175 Å². The molecule has 3 aromatic rings. The van der Waals surface area contributed by atoms with Crippen molar-refractivity contribution in [3.63, 3.8) is 0 Å². The topological polar surface area (TPSA) is 49.4 Å². The van der Waals surface area contributed by atoms with Crippen LogP contribution in [0.4, 0.5) is 10.1 Å². The average molecular weight is 402 g/mol. The van der Waals surface area contributed by atoms with Gasteiger partial charge in [0.25, 0.3) is 0 Å². The molecule has 0 saturated carbocycles. The number of hydrogen-bond donors (Lipinski definition) is 1. The minimum Gasteiger partial charge on any atom is -0.324 e. The molecule has 2 amide bonds. The van der Waals surface area contributed by atoms with Crippen molar-refractivity contribution in [2.75, 3.05) is 11.9 Å². The van der Waals surface area contributed by atoms with Crippen LogP contribution < -0.4 is 5.32 Å². The Morgan fingerprint density at radius 2 is 1.73 bits per heavy atom. The summed E-state index contributed by atoms with van der Waals surface area (Å²) in [4.78, 5) is 28.0. The molecule has 0 unspecified atom stereocenters. The van der Waals surface area contributed by atoms with Gasteiger partial charge in [0.1, 0.15) is 12.4 Å². The molecule has 0 spiro atoms. The van der Waals surface area contributed by atoms with Crippen LogP contribution in [0.15, 0.2) is 78.9 Å². The Kier molecular flexibility index (Phi) is 5.61. The van der Waals surface area contributed by atoms with Crippen molar-refractivity contribution < 1.29 is 14.0 Å². The third-order valence-corrected chi connectivity index (χ3v) is 5.51. The first-order chi connectivity index (χ1) is 14.6. The zero-order valence-electron chi connectivity index (χ0n) is 16.7. The Morgan fingerprint density at radius 3 is 2.40 bits per heavy atom. The molecule has 2 atom stereocenters. The highest BCUT2D eigenvalue weighted by Gasteiger charge is 2.36. The maximum Gasteiger partial charge on any atom is 0.244 e. The minimum absolute atomic E-state index is 0.0992. The van der Waals surface area contributed by atoms with Crippen LogP contribution in [-0.2, 0) is 9.59 Å². The van der Waals surface area contributed by atoms with E-state index in [1.54, 1.807) is 11.0 Å². The molecule has 30 heavy (non-hydrogen) atoms. The molecule has 0 saturated heterocycles. The monoisotopic (exact) mass is 402 g/mol. The Balaban J connectivity index is 1.85. The molecule has 0 radical (unpaired) electrons. The summed E-state index contributed by atoms with van der Waals surface area (Å²) in [5.74, 6) is -1.24. The van der Waals surface area contributed by atoms with E-state index in [4.69, 9.17) is 0 Å². The van der Waals surface area contributed by atoms with Gasteiger partial charge in [0, 0.05) is 11.3 Å². The van der Waals surface area contributed by atoms with E-state index in [-0.39, 0.29) is 24.3 Å². The third-order valence-electron chi connectivity index (χ3n) is 5.51. The lowest BCUT2D eigenvalue weighted by Crippen LogP contribution is -2.41. The van der Waals surface area contributed by atoms with Crippen molar-refractivity contribution >= 4 is 17.5 Å². The molecule has 1 aliphatic heterocycles. The van der Waals surface area contributed by atoms with Gasteiger partial charge in [0.2, 0.25) is 11.8 Å². The lowest BCUT2D eigenvalue weighted by Gasteiger charge is -2.33. The molecule has 3 aromatic carbocycles. The number of amides is 2. The van der Waals surface area contributed by atoms with Gasteiger partial charge in [-0.3, -0.25) is 9.59 Å². The van der Waals surface area contributed by atoms with Crippen LogP contribution in [0.3, 0.4) is 0 Å². The van der Waals surface area contributed by atoms with Crippen LogP contribution >= 0.6 is 0 Å². The highest BCUT2D eigenvalue weighted by molar-refractivity contribution is 5.98. The zero-order valence-corrected chi connectivity index (χ0v) is 16.7. The summed E-state index contributed by atoms with van der Waals surface area (Å²) in [7, 11) is 0. The Morgan fingerprint density at radius 1 is 1.07 bits per heavy atom. The largest absolute Gasteiger partial charge is 0.324 e. The molecule has 0 aromatic heterocycles. The maximum atomic E-state index is 14.2. The normalized spacial score (nSPS) is 16.9. The second kappa shape index (κ2) is 8.49. The standard InChI is InChI=1S/C25H23FN2O2/c1-2-20(17-9-5-3-6-10-17)25(30)28-16-23(29)27-22-14-13-19(26)15-21(22)24(28)18-11-7-4-8-12-18/h3-15,20,24H,2,16H2,1H3,(H,27,29)/t20-,24+/m1/s1. The quantitative estimate of drug-likeness (QED) is 0.676. The van der Waals surface area contributed by atoms with E-state index >= 15 is 0 Å². The summed E-state index contributed by atoms with van der Waals surface area (Å²) >= 11 is 0. The van der Waals surface area contributed by atoms with E-state index in [2.05, 4.69) is 5.32 Å². The number of benzene rings is 3. The fourth-order valence-electron chi connectivity index (χ4n) is 4.12. The van der Waals surface area contributed by atoms with Crippen LogP contribution in [0.1, 0.15) is 42.0 Å². The number of anilines is 1. The van der Waals surface area contributed by atoms with Crippen molar-refractivity contribution in [3.05, 3.63) is 101 Å². The van der Waals surface area contributed by atoms with Crippen molar-refractivity contribution in [3.8, 4) is 0 Å². The van der Waals surface area contributed by atoms with E-state index in [0.29, 0.717) is 17.7 Å². The van der Waals surface area contributed by atoms with Crippen LogP contribution in [0.2, 0.25) is 0 Å². The fourth-order valence-corrected chi connectivity index (χ4v) is 4.12. The second-order valence-electron chi connectivity index (χ2n) is 7.43. The summed E-state index contributed by atoms with van der Waals surface area (Å²) in [6, 6.07) is 22.7. The number of carbonyl (C=O) groups excluding carboxylic acids is 2. The number of fused-ring (bicyclic) bond motifs is 1. The molecule has 1 N–H and O–H groups in total. The lowest BCUT2D eigenvalue weighted by molar-refractivity contribution is -0.137. The summed E-state index contributed by atoms with van der Waals surface area (Å²) in [5.41, 5.74) is 2.83. The average Bonchev–Trinajstić information content (AvgIpc) is 2.91. The minimum atomic E-state index is -0.568. The summed E-state index contributed by atoms with van der Waals surface area (Å²) in [6.07, 6.45) is 0.596. The van der Waals surface area contributed by atoms with Gasteiger partial charge in [-0.1, -0.05) is 67.6 Å². The molecule has 0 fully saturated rings. The number of carbonyl (C=O) groups is 2. The van der Waals surface area contributed by atoms with Gasteiger partial charge in [-0.2, -0.15) is 0 Å². The predicted octanol–water partition coefficient (Wildman–Crippen LogP) is 4.89. The van der Waals surface area contributed by atoms with Gasteiger partial charge in [0.15, 0.2) is 0 Å². The first-order valence-corrected chi connectivity index (χ1v) is 10.1. The molecule has 152 valence electrons. The predicted molar refractivity (Wildman–Crippen MR) is 115 cm³/mol. The summed E-state index contributed by atoms with van der Waals surface area (Å²) < 4.78 is 14.2. The summed E-state index contributed by atoms with van der Waals surface area (Å²) in [5, 5.41) is 2.83. The molecule has 0 aliphatic carbocycles. The van der Waals surface area contributed by atoms with Gasteiger partial charge >= 0.3 is 0 Å². The first kappa shape index (κ1) is 19.8. The highest BCUT2D eigenvalue weighted by Crippen LogP contribution is 2.38. The highest BCUT2D eigenvalue weighted by atomic mass is 19.1. The molecule has 4 rings (SSSR count). The van der Waals surface area contributed by atoms with Crippen LogP contribution in [0.5, 0.6) is 0 Å². The lowest BCUT2D eigenvalue weighted by atomic mass is 9.91. The van der Waals surface area contributed by atoms with Crippen molar-refractivity contribution in [2.24, 2.45) is 0 Å². The summed E-state index contributed by atoms with van der Waals surface area (Å²) in [6.45, 7) is 1.86. The third kappa shape index (κ3) is 3.83. The molecule has 1 aliphatic rings. The number of hydrogen-bond acceptors (Lipinski definition) is 2. The van der Waals surface area contributed by atoms with E-state index in [0.717, 1.165) is 11.1 Å². The van der Waals surface area contributed by atoms with Crippen LogP contribution in [0, 0.1) is 5.82 Å². The first-order valence-electron chi connectivity index (χ1n) is 10.1. The molecule has 5 heteroatoms. The van der Waals surface area contributed by atoms with Crippen molar-refractivity contribution in [1.82, 2.24) is 4.90 Å². The maximum absolute atomic E-state index is 14.2. The van der Waals surface area contributed by atoms with Gasteiger partial charge in [-0.25, -0.2) is 4.39 Å². The Hall–Kier alpha value is -3.47. The Bertz CT molecular complexity index is 1050. The number of rotatable bonds is 4. The van der Waals surface area contributed by atoms with Crippen LogP contribution in [-0.4, -0.2) is 23.3 Å². The van der Waals surface area contributed by atoms with Gasteiger partial charge < -0.3 is 10.2 Å². The molecular formula is C25H23FN2O2. The van der Waals surface area contributed by atoms with Gasteiger partial charge in [0.05, 0.1) is 12.0 Å². The zero-order chi connectivity index (χ0) is 21.1. The van der Waals surface area contributed by atoms with Crippen LogP contribution in [0.25, 0.3) is 0 Å². The smallest absolute Gasteiger partial charge is 0.244 e. The number of nitrogens with zero attached hydrogens (tertiary/aromatic N) is 1. The number of nitrogens with one attached hydrogen (secondary N) is 1. The molecule has 0 bridgehead atoms. The van der Waals surface area contributed by atoms with E-state index in [9.17, 15) is 14.0 Å². The molecular weight excluding hydrogens is 379 g/mol. The van der Waals surface area contributed by atoms with E-state index < -0.39 is 11.9 Å². The van der Waals surface area contributed by atoms with Gasteiger partial charge in [-0.15, -0.1) is 0 Å². The fraction of sp³-hybridized carbons (Fsp3) is 0.200. The number of halogens is 1. The van der Waals surface area contributed by atoms with Crippen molar-refractivity contribution in [2.45, 2.75) is 25.3 Å². The second-order valence-corrected chi connectivity index (χ2v) is 7.43. The van der Waals surface area contributed by atoms with Crippen molar-refractivity contribution in [1.29, 1.82) is 0 Å².